The molecule has 2 aromatic rings. The number of rotatable bonds is 5. The quantitative estimate of drug-likeness (QED) is 0.645. The molecule has 2 rings (SSSR count). The summed E-state index contributed by atoms with van der Waals surface area (Å²) >= 11 is 5.56. The van der Waals surface area contributed by atoms with E-state index in [9.17, 15) is 4.79 Å². The molecule has 0 fully saturated rings. The molecule has 1 heterocycles. The van der Waals surface area contributed by atoms with Crippen LogP contribution in [-0.4, -0.2) is 30.4 Å². The number of hydrogen-bond donors (Lipinski definition) is 2. The zero-order chi connectivity index (χ0) is 13.0. The van der Waals surface area contributed by atoms with Crippen molar-refractivity contribution < 1.29 is 9.53 Å². The highest BCUT2D eigenvalue weighted by Crippen LogP contribution is 2.21. The Labute approximate surface area is 110 Å². The SMILES string of the molecule is COc1ccc2[nH]c(C(=O)NCCCCl)cc2c1. The Morgan fingerprint density at radius 3 is 3.00 bits per heavy atom. The van der Waals surface area contributed by atoms with Crippen molar-refractivity contribution in [3.63, 3.8) is 0 Å². The summed E-state index contributed by atoms with van der Waals surface area (Å²) in [7, 11) is 1.62. The molecular weight excluding hydrogens is 252 g/mol. The predicted molar refractivity (Wildman–Crippen MR) is 72.5 cm³/mol. The first-order chi connectivity index (χ1) is 8.74. The molecule has 0 bridgehead atoms. The number of ether oxygens (including phenoxy) is 1. The lowest BCUT2D eigenvalue weighted by Crippen LogP contribution is -2.24. The summed E-state index contributed by atoms with van der Waals surface area (Å²) in [6.07, 6.45) is 0.765. The Hall–Kier alpha value is -1.68. The second kappa shape index (κ2) is 5.78. The van der Waals surface area contributed by atoms with E-state index in [1.807, 2.05) is 24.3 Å². The normalized spacial score (nSPS) is 10.6. The molecule has 4 nitrogen and oxygen atoms in total. The number of halogens is 1. The number of carbonyl (C=O) groups is 1. The summed E-state index contributed by atoms with van der Waals surface area (Å²) in [5.74, 6) is 1.20. The van der Waals surface area contributed by atoms with Gasteiger partial charge in [-0.1, -0.05) is 0 Å². The van der Waals surface area contributed by atoms with Gasteiger partial charge < -0.3 is 15.0 Å². The predicted octanol–water partition coefficient (Wildman–Crippen LogP) is 2.54. The number of fused-ring (bicyclic) bond motifs is 1. The Balaban J connectivity index is 2.16. The van der Waals surface area contributed by atoms with Crippen molar-refractivity contribution in [3.8, 4) is 5.75 Å². The first-order valence-electron chi connectivity index (χ1n) is 5.75. The fourth-order valence-electron chi connectivity index (χ4n) is 1.72. The van der Waals surface area contributed by atoms with Crippen LogP contribution >= 0.6 is 11.6 Å². The van der Waals surface area contributed by atoms with Crippen molar-refractivity contribution in [1.29, 1.82) is 0 Å². The number of benzene rings is 1. The summed E-state index contributed by atoms with van der Waals surface area (Å²) in [6, 6.07) is 7.45. The van der Waals surface area contributed by atoms with Crippen molar-refractivity contribution in [2.45, 2.75) is 6.42 Å². The van der Waals surface area contributed by atoms with E-state index >= 15 is 0 Å². The molecular formula is C13H15ClN2O2. The number of hydrogen-bond acceptors (Lipinski definition) is 2. The molecule has 96 valence electrons. The van der Waals surface area contributed by atoms with E-state index in [1.165, 1.54) is 0 Å². The molecule has 0 aliphatic heterocycles. The molecule has 0 aliphatic rings. The summed E-state index contributed by atoms with van der Waals surface area (Å²) in [5.41, 5.74) is 1.46. The monoisotopic (exact) mass is 266 g/mol. The van der Waals surface area contributed by atoms with E-state index in [4.69, 9.17) is 16.3 Å². The zero-order valence-electron chi connectivity index (χ0n) is 10.1. The highest BCUT2D eigenvalue weighted by molar-refractivity contribution is 6.17. The first kappa shape index (κ1) is 12.8. The topological polar surface area (TPSA) is 54.1 Å². The number of methoxy groups -OCH3 is 1. The number of alkyl halides is 1. The number of H-pyrrole nitrogens is 1. The van der Waals surface area contributed by atoms with Gasteiger partial charge in [-0.25, -0.2) is 0 Å². The third kappa shape index (κ3) is 2.76. The van der Waals surface area contributed by atoms with Crippen LogP contribution in [0.2, 0.25) is 0 Å². The van der Waals surface area contributed by atoms with Gasteiger partial charge in [-0.2, -0.15) is 0 Å². The van der Waals surface area contributed by atoms with Gasteiger partial charge in [0.1, 0.15) is 11.4 Å². The van der Waals surface area contributed by atoms with Crippen molar-refractivity contribution in [2.75, 3.05) is 19.5 Å². The average Bonchev–Trinajstić information content (AvgIpc) is 2.81. The molecule has 1 aromatic carbocycles. The van der Waals surface area contributed by atoms with Gasteiger partial charge in [-0.3, -0.25) is 4.79 Å². The fraction of sp³-hybridized carbons (Fsp3) is 0.308. The van der Waals surface area contributed by atoms with Crippen LogP contribution in [0.15, 0.2) is 24.3 Å². The molecule has 0 saturated heterocycles. The molecule has 1 amide bonds. The van der Waals surface area contributed by atoms with E-state index in [1.54, 1.807) is 7.11 Å². The molecule has 5 heteroatoms. The number of aromatic nitrogens is 1. The molecule has 0 unspecified atom stereocenters. The van der Waals surface area contributed by atoms with E-state index < -0.39 is 0 Å². The molecule has 2 N–H and O–H groups in total. The van der Waals surface area contributed by atoms with Gasteiger partial charge in [0.25, 0.3) is 5.91 Å². The van der Waals surface area contributed by atoms with Gasteiger partial charge in [-0.15, -0.1) is 11.6 Å². The highest BCUT2D eigenvalue weighted by Gasteiger charge is 2.09. The van der Waals surface area contributed by atoms with Gasteiger partial charge in [-0.05, 0) is 30.7 Å². The lowest BCUT2D eigenvalue weighted by Gasteiger charge is -2.00. The van der Waals surface area contributed by atoms with Crippen molar-refractivity contribution in [3.05, 3.63) is 30.0 Å². The smallest absolute Gasteiger partial charge is 0.267 e. The first-order valence-corrected chi connectivity index (χ1v) is 6.29. The van der Waals surface area contributed by atoms with Gasteiger partial charge in [0.2, 0.25) is 0 Å². The zero-order valence-corrected chi connectivity index (χ0v) is 10.9. The molecule has 0 spiro atoms. The van der Waals surface area contributed by atoms with Crippen LogP contribution in [0.5, 0.6) is 5.75 Å². The largest absolute Gasteiger partial charge is 0.497 e. The molecule has 0 radical (unpaired) electrons. The Kier molecular flexibility index (Phi) is 4.10. The maximum atomic E-state index is 11.8. The average molecular weight is 267 g/mol. The van der Waals surface area contributed by atoms with Crippen molar-refractivity contribution in [2.24, 2.45) is 0 Å². The van der Waals surface area contributed by atoms with Gasteiger partial charge >= 0.3 is 0 Å². The molecule has 0 aliphatic carbocycles. The van der Waals surface area contributed by atoms with Gasteiger partial charge in [0.15, 0.2) is 0 Å². The highest BCUT2D eigenvalue weighted by atomic mass is 35.5. The van der Waals surface area contributed by atoms with E-state index in [-0.39, 0.29) is 5.91 Å². The van der Waals surface area contributed by atoms with Crippen molar-refractivity contribution >= 4 is 28.4 Å². The number of nitrogens with one attached hydrogen (secondary N) is 2. The van der Waals surface area contributed by atoms with Gasteiger partial charge in [0, 0.05) is 23.3 Å². The van der Waals surface area contributed by atoms with Crippen LogP contribution in [0.1, 0.15) is 16.9 Å². The van der Waals surface area contributed by atoms with Crippen LogP contribution < -0.4 is 10.1 Å². The van der Waals surface area contributed by atoms with Crippen LogP contribution in [0.4, 0.5) is 0 Å². The van der Waals surface area contributed by atoms with Crippen LogP contribution in [0.3, 0.4) is 0 Å². The Bertz CT molecular complexity index is 551. The summed E-state index contributed by atoms with van der Waals surface area (Å²) in [5, 5.41) is 3.76. The second-order valence-corrected chi connectivity index (χ2v) is 4.31. The summed E-state index contributed by atoms with van der Waals surface area (Å²) in [4.78, 5) is 14.9. The van der Waals surface area contributed by atoms with Crippen molar-refractivity contribution in [1.82, 2.24) is 10.3 Å². The lowest BCUT2D eigenvalue weighted by atomic mass is 10.2. The third-order valence-electron chi connectivity index (χ3n) is 2.67. The van der Waals surface area contributed by atoms with E-state index in [0.717, 1.165) is 23.1 Å². The minimum absolute atomic E-state index is 0.115. The number of carbonyl (C=O) groups excluding carboxylic acids is 1. The molecule has 0 saturated carbocycles. The summed E-state index contributed by atoms with van der Waals surface area (Å²) < 4.78 is 5.14. The maximum Gasteiger partial charge on any atom is 0.267 e. The third-order valence-corrected chi connectivity index (χ3v) is 2.94. The lowest BCUT2D eigenvalue weighted by molar-refractivity contribution is 0.0949. The Morgan fingerprint density at radius 1 is 1.44 bits per heavy atom. The van der Waals surface area contributed by atoms with Gasteiger partial charge in [0.05, 0.1) is 7.11 Å². The molecule has 1 aromatic heterocycles. The Morgan fingerprint density at radius 2 is 2.28 bits per heavy atom. The van der Waals surface area contributed by atoms with E-state index in [0.29, 0.717) is 18.1 Å². The van der Waals surface area contributed by atoms with Crippen LogP contribution in [0.25, 0.3) is 10.9 Å². The minimum Gasteiger partial charge on any atom is -0.497 e. The molecule has 18 heavy (non-hydrogen) atoms. The fourth-order valence-corrected chi connectivity index (χ4v) is 1.86. The number of aromatic amines is 1. The molecule has 0 atom stereocenters. The van der Waals surface area contributed by atoms with Crippen LogP contribution in [-0.2, 0) is 0 Å². The second-order valence-electron chi connectivity index (χ2n) is 3.93. The number of amides is 1. The standard InChI is InChI=1S/C13H15ClN2O2/c1-18-10-3-4-11-9(7-10)8-12(16-11)13(17)15-6-2-5-14/h3-4,7-8,16H,2,5-6H2,1H3,(H,15,17). The minimum atomic E-state index is -0.115. The van der Waals surface area contributed by atoms with Crippen LogP contribution in [0, 0.1) is 0 Å². The maximum absolute atomic E-state index is 11.8. The van der Waals surface area contributed by atoms with E-state index in [2.05, 4.69) is 10.3 Å². The summed E-state index contributed by atoms with van der Waals surface area (Å²) in [6.45, 7) is 0.584.